The van der Waals surface area contributed by atoms with Crippen LogP contribution in [0.5, 0.6) is 5.75 Å². The van der Waals surface area contributed by atoms with Gasteiger partial charge in [-0.25, -0.2) is 4.39 Å². The summed E-state index contributed by atoms with van der Waals surface area (Å²) in [6.07, 6.45) is 4.31. The van der Waals surface area contributed by atoms with Gasteiger partial charge < -0.3 is 30.9 Å². The van der Waals surface area contributed by atoms with Crippen LogP contribution >= 0.6 is 23.2 Å². The van der Waals surface area contributed by atoms with Crippen molar-refractivity contribution in [2.75, 3.05) is 33.3 Å². The minimum atomic E-state index is -0.438. The summed E-state index contributed by atoms with van der Waals surface area (Å²) >= 11 is 14.1. The first kappa shape index (κ1) is 35.8. The first-order chi connectivity index (χ1) is 25.2. The molecule has 2 unspecified atom stereocenters. The fraction of sp³-hybridized carbons (Fsp3) is 0.333. The summed E-state index contributed by atoms with van der Waals surface area (Å²) in [5.41, 5.74) is 5.73. The van der Waals surface area contributed by atoms with Gasteiger partial charge in [-0.05, 0) is 54.3 Å². The molecule has 7 rings (SSSR count). The second-order valence-electron chi connectivity index (χ2n) is 13.4. The Morgan fingerprint density at radius 3 is 2.29 bits per heavy atom. The molecule has 3 aliphatic rings. The second kappa shape index (κ2) is 15.6. The van der Waals surface area contributed by atoms with Crippen LogP contribution < -0.4 is 26.0 Å². The van der Waals surface area contributed by atoms with Crippen molar-refractivity contribution in [2.24, 2.45) is 0 Å². The van der Waals surface area contributed by atoms with Gasteiger partial charge in [0, 0.05) is 104 Å². The lowest BCUT2D eigenvalue weighted by Crippen LogP contribution is -2.39. The Kier molecular flexibility index (Phi) is 10.7. The number of hydrogen-bond donors (Lipinski definition) is 4. The van der Waals surface area contributed by atoms with Gasteiger partial charge in [0.2, 0.25) is 11.8 Å². The van der Waals surface area contributed by atoms with E-state index in [1.165, 1.54) is 13.2 Å². The van der Waals surface area contributed by atoms with Crippen molar-refractivity contribution in [3.8, 4) is 39.3 Å². The van der Waals surface area contributed by atoms with E-state index in [0.29, 0.717) is 100 Å². The van der Waals surface area contributed by atoms with Crippen LogP contribution in [-0.4, -0.2) is 73.0 Å². The SMILES string of the molecule is COc1cc(-c2cccc(-c3ccnc(-c4ccc5c(c4)CN(CCNCC4CCC(=O)N4)C5=O)c3Cl)c2Cl)cc(F)c1CNCC1CCC(=O)N1. The Labute approximate surface area is 311 Å². The van der Waals surface area contributed by atoms with Gasteiger partial charge >= 0.3 is 0 Å². The molecule has 0 bridgehead atoms. The maximum Gasteiger partial charge on any atom is 0.254 e. The molecule has 270 valence electrons. The van der Waals surface area contributed by atoms with E-state index in [4.69, 9.17) is 27.9 Å². The van der Waals surface area contributed by atoms with Crippen molar-refractivity contribution in [1.82, 2.24) is 31.2 Å². The van der Waals surface area contributed by atoms with Crippen molar-refractivity contribution in [2.45, 2.75) is 50.9 Å². The fourth-order valence-electron chi connectivity index (χ4n) is 7.17. The standard InChI is InChI=1S/C39H39Cl2FN6O4/c1-52-33-17-23(16-32(42)31(33)20-44-19-26-7-10-35(50)47-26)27-3-2-4-29(36(27)40)30-11-12-45-38(37(30)41)22-5-8-28-24(15-22)21-48(39(28)51)14-13-43-18-25-6-9-34(49)46-25/h2-5,8,11-12,15-17,25-26,43-44H,6-7,9-10,13-14,18-21H2,1H3,(H,46,49)(H,47,50). The Morgan fingerprint density at radius 2 is 1.58 bits per heavy atom. The minimum Gasteiger partial charge on any atom is -0.496 e. The quantitative estimate of drug-likeness (QED) is 0.129. The van der Waals surface area contributed by atoms with E-state index >= 15 is 4.39 Å². The largest absolute Gasteiger partial charge is 0.496 e. The van der Waals surface area contributed by atoms with Gasteiger partial charge in [-0.15, -0.1) is 0 Å². The topological polar surface area (TPSA) is 125 Å². The Balaban J connectivity index is 1.07. The highest BCUT2D eigenvalue weighted by Gasteiger charge is 2.28. The zero-order valence-electron chi connectivity index (χ0n) is 28.7. The predicted molar refractivity (Wildman–Crippen MR) is 199 cm³/mol. The van der Waals surface area contributed by atoms with Gasteiger partial charge in [0.1, 0.15) is 11.6 Å². The molecule has 0 spiro atoms. The Morgan fingerprint density at radius 1 is 0.865 bits per heavy atom. The number of hydrogen-bond acceptors (Lipinski definition) is 7. The highest BCUT2D eigenvalue weighted by Crippen LogP contribution is 2.43. The van der Waals surface area contributed by atoms with E-state index in [-0.39, 0.29) is 36.3 Å². The van der Waals surface area contributed by atoms with Crippen LogP contribution in [0.3, 0.4) is 0 Å². The number of carbonyl (C=O) groups excluding carboxylic acids is 3. The van der Waals surface area contributed by atoms with Crippen molar-refractivity contribution < 1.29 is 23.5 Å². The smallest absolute Gasteiger partial charge is 0.254 e. The number of fused-ring (bicyclic) bond motifs is 1. The maximum atomic E-state index is 15.6. The van der Waals surface area contributed by atoms with Gasteiger partial charge in [-0.2, -0.15) is 0 Å². The van der Waals surface area contributed by atoms with Crippen molar-refractivity contribution in [3.63, 3.8) is 0 Å². The second-order valence-corrected chi connectivity index (χ2v) is 14.1. The molecule has 3 amide bonds. The number of aromatic nitrogens is 1. The molecular formula is C39H39Cl2FN6O4. The molecular weight excluding hydrogens is 706 g/mol. The Hall–Kier alpha value is -4.55. The van der Waals surface area contributed by atoms with Crippen LogP contribution in [0.1, 0.15) is 47.2 Å². The third kappa shape index (κ3) is 7.50. The molecule has 13 heteroatoms. The van der Waals surface area contributed by atoms with Gasteiger partial charge in [0.15, 0.2) is 0 Å². The Bertz CT molecular complexity index is 2040. The number of carbonyl (C=O) groups is 3. The number of amides is 3. The lowest BCUT2D eigenvalue weighted by Gasteiger charge is -2.17. The molecule has 0 saturated carbocycles. The number of methoxy groups -OCH3 is 1. The molecule has 3 aliphatic heterocycles. The number of nitrogens with one attached hydrogen (secondary N) is 4. The van der Waals surface area contributed by atoms with Crippen LogP contribution in [0, 0.1) is 5.82 Å². The van der Waals surface area contributed by atoms with E-state index in [1.807, 2.05) is 41.3 Å². The summed E-state index contributed by atoms with van der Waals surface area (Å²) in [6, 6.07) is 16.3. The maximum absolute atomic E-state index is 15.6. The zero-order valence-corrected chi connectivity index (χ0v) is 30.2. The predicted octanol–water partition coefficient (Wildman–Crippen LogP) is 5.73. The van der Waals surface area contributed by atoms with Crippen LogP contribution in [0.2, 0.25) is 10.0 Å². The van der Waals surface area contributed by atoms with E-state index in [1.54, 1.807) is 18.3 Å². The average Bonchev–Trinajstić information content (AvgIpc) is 3.84. The zero-order chi connectivity index (χ0) is 36.4. The number of halogens is 3. The molecule has 2 fully saturated rings. The fourth-order valence-corrected chi connectivity index (χ4v) is 7.83. The number of benzene rings is 3. The number of rotatable bonds is 13. The molecule has 4 aromatic rings. The van der Waals surface area contributed by atoms with Crippen LogP contribution in [0.25, 0.3) is 33.5 Å². The normalized spacial score (nSPS) is 18.2. The lowest BCUT2D eigenvalue weighted by molar-refractivity contribution is -0.120. The molecule has 2 atom stereocenters. The van der Waals surface area contributed by atoms with Gasteiger partial charge in [0.25, 0.3) is 5.91 Å². The van der Waals surface area contributed by atoms with Crippen LogP contribution in [0.15, 0.2) is 60.8 Å². The summed E-state index contributed by atoms with van der Waals surface area (Å²) in [4.78, 5) is 42.5. The van der Waals surface area contributed by atoms with E-state index in [2.05, 4.69) is 26.3 Å². The van der Waals surface area contributed by atoms with Crippen LogP contribution in [0.4, 0.5) is 4.39 Å². The van der Waals surface area contributed by atoms with Crippen molar-refractivity contribution >= 4 is 40.9 Å². The first-order valence-electron chi connectivity index (χ1n) is 17.4. The van der Waals surface area contributed by atoms with E-state index < -0.39 is 5.82 Å². The summed E-state index contributed by atoms with van der Waals surface area (Å²) < 4.78 is 21.2. The third-order valence-corrected chi connectivity index (χ3v) is 10.7. The molecule has 52 heavy (non-hydrogen) atoms. The van der Waals surface area contributed by atoms with Crippen molar-refractivity contribution in [1.29, 1.82) is 0 Å². The van der Waals surface area contributed by atoms with Crippen LogP contribution in [-0.2, 0) is 22.7 Å². The number of ether oxygens (including phenoxy) is 1. The number of pyridine rings is 1. The summed E-state index contributed by atoms with van der Waals surface area (Å²) in [5.74, 6) is 0.0394. The summed E-state index contributed by atoms with van der Waals surface area (Å²) in [7, 11) is 1.50. The van der Waals surface area contributed by atoms with Gasteiger partial charge in [-0.1, -0.05) is 47.5 Å². The molecule has 0 radical (unpaired) electrons. The average molecular weight is 746 g/mol. The summed E-state index contributed by atoms with van der Waals surface area (Å²) in [6.45, 7) is 3.09. The van der Waals surface area contributed by atoms with Gasteiger partial charge in [-0.3, -0.25) is 19.4 Å². The van der Waals surface area contributed by atoms with E-state index in [9.17, 15) is 14.4 Å². The molecule has 2 saturated heterocycles. The lowest BCUT2D eigenvalue weighted by atomic mass is 9.96. The highest BCUT2D eigenvalue weighted by atomic mass is 35.5. The van der Waals surface area contributed by atoms with Gasteiger partial charge in [0.05, 0.1) is 22.8 Å². The molecule has 0 aliphatic carbocycles. The minimum absolute atomic E-state index is 0.0228. The third-order valence-electron chi connectivity index (χ3n) is 9.93. The molecule has 10 nitrogen and oxygen atoms in total. The molecule has 4 heterocycles. The first-order valence-corrected chi connectivity index (χ1v) is 18.2. The molecule has 1 aromatic heterocycles. The van der Waals surface area contributed by atoms with Crippen molar-refractivity contribution in [3.05, 3.63) is 93.3 Å². The van der Waals surface area contributed by atoms with E-state index in [0.717, 1.165) is 24.0 Å². The monoisotopic (exact) mass is 744 g/mol. The molecule has 4 N–H and O–H groups in total. The summed E-state index contributed by atoms with van der Waals surface area (Å²) in [5, 5.41) is 13.2. The highest BCUT2D eigenvalue weighted by molar-refractivity contribution is 6.39. The molecule has 3 aromatic carbocycles. The number of nitrogens with zero attached hydrogens (tertiary/aromatic N) is 2.